The summed E-state index contributed by atoms with van der Waals surface area (Å²) in [6.07, 6.45) is -3.29. The Kier molecular flexibility index (Phi) is 5.93. The molecule has 12 heteroatoms. The molecule has 0 bridgehead atoms. The number of carbonyl (C=O) groups is 2. The smallest absolute Gasteiger partial charge is 0.416 e. The van der Waals surface area contributed by atoms with E-state index in [-0.39, 0.29) is 16.4 Å². The van der Waals surface area contributed by atoms with Gasteiger partial charge in [0.25, 0.3) is 11.1 Å². The van der Waals surface area contributed by atoms with E-state index < -0.39 is 39.2 Å². The van der Waals surface area contributed by atoms with E-state index in [9.17, 15) is 32.9 Å². The number of carbonyl (C=O) groups excluding carboxylic acids is 2. The summed E-state index contributed by atoms with van der Waals surface area (Å²) in [5.41, 5.74) is -1.57. The van der Waals surface area contributed by atoms with Crippen molar-refractivity contribution in [1.82, 2.24) is 4.90 Å². The fourth-order valence-corrected chi connectivity index (χ4v) is 3.42. The highest BCUT2D eigenvalue weighted by Gasteiger charge is 2.34. The Morgan fingerprint density at radius 1 is 1.10 bits per heavy atom. The van der Waals surface area contributed by atoms with Crippen molar-refractivity contribution in [3.63, 3.8) is 0 Å². The van der Waals surface area contributed by atoms with Crippen LogP contribution in [0.25, 0.3) is 6.08 Å². The van der Waals surface area contributed by atoms with E-state index in [1.165, 1.54) is 38.4 Å². The van der Waals surface area contributed by atoms with Crippen LogP contribution in [0, 0.1) is 10.1 Å². The lowest BCUT2D eigenvalue weighted by atomic mass is 10.1. The number of thioether (sulfide) groups is 1. The fraction of sp³-hybridized carbons (Fsp3) is 0.158. The van der Waals surface area contributed by atoms with Crippen molar-refractivity contribution in [3.8, 4) is 17.2 Å². The van der Waals surface area contributed by atoms with E-state index in [2.05, 4.69) is 0 Å². The number of hydrogen-bond acceptors (Lipinski definition) is 7. The maximum absolute atomic E-state index is 12.9. The topological polar surface area (TPSA) is 99.0 Å². The Hall–Kier alpha value is -3.54. The number of likely N-dealkylation sites (N-methyl/N-ethyl adjacent to an activating group) is 1. The summed E-state index contributed by atoms with van der Waals surface area (Å²) < 4.78 is 49.2. The number of imide groups is 1. The molecule has 0 spiro atoms. The van der Waals surface area contributed by atoms with E-state index in [0.717, 1.165) is 22.7 Å². The van der Waals surface area contributed by atoms with Gasteiger partial charge in [0.05, 0.1) is 22.5 Å². The van der Waals surface area contributed by atoms with Gasteiger partial charge in [0.15, 0.2) is 11.5 Å². The molecule has 2 amide bonds. The third kappa shape index (κ3) is 4.63. The molecule has 0 saturated carbocycles. The molecule has 2 aromatic carbocycles. The van der Waals surface area contributed by atoms with Crippen LogP contribution in [0.1, 0.15) is 11.1 Å². The highest BCUT2D eigenvalue weighted by molar-refractivity contribution is 8.18. The van der Waals surface area contributed by atoms with Crippen LogP contribution < -0.4 is 9.47 Å². The normalized spacial score (nSPS) is 15.5. The van der Waals surface area contributed by atoms with Gasteiger partial charge in [-0.25, -0.2) is 0 Å². The van der Waals surface area contributed by atoms with E-state index in [0.29, 0.717) is 17.7 Å². The van der Waals surface area contributed by atoms with Crippen LogP contribution in [-0.2, 0) is 11.0 Å². The molecule has 162 valence electrons. The van der Waals surface area contributed by atoms with Gasteiger partial charge in [0, 0.05) is 13.1 Å². The maximum Gasteiger partial charge on any atom is 0.416 e. The van der Waals surface area contributed by atoms with Crippen molar-refractivity contribution in [2.24, 2.45) is 0 Å². The molecule has 0 radical (unpaired) electrons. The van der Waals surface area contributed by atoms with Crippen LogP contribution in [0.2, 0.25) is 0 Å². The Balaban J connectivity index is 1.94. The standard InChI is InChI=1S/C19H13F3N2O6S/c1-23-17(25)16(31-18(23)26)8-10-3-5-14(15(7-10)29-2)30-13-6-4-11(19(20,21)22)9-12(13)24(27)28/h3-9H,1-2H3/b16-8+. The van der Waals surface area contributed by atoms with Crippen molar-refractivity contribution >= 4 is 34.7 Å². The number of nitro groups is 1. The quantitative estimate of drug-likeness (QED) is 0.353. The summed E-state index contributed by atoms with van der Waals surface area (Å²) in [4.78, 5) is 35.0. The largest absolute Gasteiger partial charge is 0.493 e. The van der Waals surface area contributed by atoms with Gasteiger partial charge >= 0.3 is 11.9 Å². The lowest BCUT2D eigenvalue weighted by molar-refractivity contribution is -0.385. The molecule has 8 nitrogen and oxygen atoms in total. The first-order valence-corrected chi connectivity index (χ1v) is 9.26. The van der Waals surface area contributed by atoms with Crippen LogP contribution in [-0.4, -0.2) is 35.1 Å². The Labute approximate surface area is 177 Å². The van der Waals surface area contributed by atoms with Crippen LogP contribution >= 0.6 is 11.8 Å². The monoisotopic (exact) mass is 454 g/mol. The Bertz CT molecular complexity index is 1120. The number of alkyl halides is 3. The van der Waals surface area contributed by atoms with Gasteiger partial charge in [-0.2, -0.15) is 13.2 Å². The number of nitro benzene ring substituents is 1. The molecule has 1 aliphatic rings. The average molecular weight is 454 g/mol. The number of rotatable bonds is 5. The molecule has 0 aromatic heterocycles. The number of nitrogens with zero attached hydrogens (tertiary/aromatic N) is 2. The minimum Gasteiger partial charge on any atom is -0.493 e. The molecule has 1 saturated heterocycles. The van der Waals surface area contributed by atoms with Gasteiger partial charge in [-0.3, -0.25) is 24.6 Å². The third-order valence-electron chi connectivity index (χ3n) is 4.17. The summed E-state index contributed by atoms with van der Waals surface area (Å²) >= 11 is 0.765. The predicted octanol–water partition coefficient (Wildman–Crippen LogP) is 5.08. The van der Waals surface area contributed by atoms with E-state index in [1.807, 2.05) is 0 Å². The summed E-state index contributed by atoms with van der Waals surface area (Å²) in [5.74, 6) is -0.754. The first kappa shape index (κ1) is 22.2. The van der Waals surface area contributed by atoms with Crippen LogP contribution in [0.5, 0.6) is 17.2 Å². The lowest BCUT2D eigenvalue weighted by Crippen LogP contribution is -2.22. The van der Waals surface area contributed by atoms with Crippen LogP contribution in [0.3, 0.4) is 0 Å². The van der Waals surface area contributed by atoms with Gasteiger partial charge in [0.1, 0.15) is 0 Å². The molecule has 0 unspecified atom stereocenters. The Morgan fingerprint density at radius 2 is 1.77 bits per heavy atom. The van der Waals surface area contributed by atoms with E-state index in [1.54, 1.807) is 0 Å². The molecular weight excluding hydrogens is 441 g/mol. The number of hydrogen-bond donors (Lipinski definition) is 0. The molecule has 3 rings (SSSR count). The zero-order valence-corrected chi connectivity index (χ0v) is 16.7. The second-order valence-electron chi connectivity index (χ2n) is 6.19. The second kappa shape index (κ2) is 8.30. The number of halogens is 3. The summed E-state index contributed by atoms with van der Waals surface area (Å²) in [7, 11) is 2.65. The summed E-state index contributed by atoms with van der Waals surface area (Å²) in [6.45, 7) is 0. The minimum absolute atomic E-state index is 0.00565. The molecule has 31 heavy (non-hydrogen) atoms. The van der Waals surface area contributed by atoms with Crippen molar-refractivity contribution in [2.75, 3.05) is 14.2 Å². The molecule has 2 aromatic rings. The number of ether oxygens (including phenoxy) is 2. The van der Waals surface area contributed by atoms with Gasteiger partial charge in [-0.15, -0.1) is 0 Å². The summed E-state index contributed by atoms with van der Waals surface area (Å²) in [5, 5.41) is 10.8. The lowest BCUT2D eigenvalue weighted by Gasteiger charge is -2.13. The van der Waals surface area contributed by atoms with Gasteiger partial charge in [-0.05, 0) is 47.7 Å². The number of benzene rings is 2. The minimum atomic E-state index is -4.75. The highest BCUT2D eigenvalue weighted by Crippen LogP contribution is 2.40. The highest BCUT2D eigenvalue weighted by atomic mass is 32.2. The third-order valence-corrected chi connectivity index (χ3v) is 5.14. The first-order valence-electron chi connectivity index (χ1n) is 8.44. The summed E-state index contributed by atoms with van der Waals surface area (Å²) in [6, 6.07) is 6.24. The number of methoxy groups -OCH3 is 1. The van der Waals surface area contributed by atoms with Crippen molar-refractivity contribution < 1.29 is 37.2 Å². The van der Waals surface area contributed by atoms with Crippen molar-refractivity contribution in [2.45, 2.75) is 6.18 Å². The zero-order valence-electron chi connectivity index (χ0n) is 15.9. The van der Waals surface area contributed by atoms with Crippen molar-refractivity contribution in [1.29, 1.82) is 0 Å². The SMILES string of the molecule is COc1cc(/C=C2/SC(=O)N(C)C2=O)ccc1Oc1ccc(C(F)(F)F)cc1[N+](=O)[O-]. The second-order valence-corrected chi connectivity index (χ2v) is 7.18. The zero-order chi connectivity index (χ0) is 22.9. The van der Waals surface area contributed by atoms with Gasteiger partial charge < -0.3 is 9.47 Å². The van der Waals surface area contributed by atoms with E-state index >= 15 is 0 Å². The molecule has 1 aliphatic heterocycles. The van der Waals surface area contributed by atoms with Crippen LogP contribution in [0.15, 0.2) is 41.3 Å². The molecule has 0 atom stereocenters. The molecule has 0 aliphatic carbocycles. The first-order chi connectivity index (χ1) is 14.5. The predicted molar refractivity (Wildman–Crippen MR) is 105 cm³/mol. The molecule has 1 fully saturated rings. The fourth-order valence-electron chi connectivity index (χ4n) is 2.60. The maximum atomic E-state index is 12.9. The average Bonchev–Trinajstić information content (AvgIpc) is 2.95. The van der Waals surface area contributed by atoms with Gasteiger partial charge in [-0.1, -0.05) is 6.07 Å². The van der Waals surface area contributed by atoms with Gasteiger partial charge in [0.2, 0.25) is 5.75 Å². The molecular formula is C19H13F3N2O6S. The van der Waals surface area contributed by atoms with Crippen LogP contribution in [0.4, 0.5) is 23.7 Å². The molecule has 0 N–H and O–H groups in total. The number of amides is 2. The Morgan fingerprint density at radius 3 is 2.32 bits per heavy atom. The molecule has 1 heterocycles. The van der Waals surface area contributed by atoms with Crippen molar-refractivity contribution in [3.05, 3.63) is 62.5 Å². The van der Waals surface area contributed by atoms with E-state index in [4.69, 9.17) is 9.47 Å².